The van der Waals surface area contributed by atoms with Gasteiger partial charge in [-0.1, -0.05) is 151 Å². The second kappa shape index (κ2) is 8.46. The molecular formula is C44H25ClO. The molecule has 2 spiro atoms. The van der Waals surface area contributed by atoms with Crippen LogP contribution in [0.1, 0.15) is 44.5 Å². The first-order valence-electron chi connectivity index (χ1n) is 15.9. The zero-order chi connectivity index (χ0) is 30.2. The molecule has 1 nitrogen and oxygen atoms in total. The van der Waals surface area contributed by atoms with Gasteiger partial charge in [-0.05, 0) is 67.8 Å². The lowest BCUT2D eigenvalue weighted by Crippen LogP contribution is -2.43. The fourth-order valence-corrected chi connectivity index (χ4v) is 9.81. The molecule has 1 heterocycles. The lowest BCUT2D eigenvalue weighted by Gasteiger charge is -2.48. The van der Waals surface area contributed by atoms with Gasteiger partial charge in [0.05, 0.1) is 10.8 Å². The summed E-state index contributed by atoms with van der Waals surface area (Å²) in [6.45, 7) is 0. The number of furan rings is 1. The zero-order valence-corrected chi connectivity index (χ0v) is 25.5. The highest BCUT2D eigenvalue weighted by molar-refractivity contribution is 6.34. The highest BCUT2D eigenvalue weighted by Crippen LogP contribution is 2.68. The summed E-state index contributed by atoms with van der Waals surface area (Å²) in [4.78, 5) is 0. The Kier molecular flexibility index (Phi) is 4.58. The molecule has 3 aliphatic carbocycles. The summed E-state index contributed by atoms with van der Waals surface area (Å²) in [7, 11) is 0. The van der Waals surface area contributed by atoms with E-state index in [2.05, 4.69) is 140 Å². The van der Waals surface area contributed by atoms with E-state index in [9.17, 15) is 0 Å². The number of hydrogen-bond donors (Lipinski definition) is 0. The molecular weight excluding hydrogens is 580 g/mol. The Morgan fingerprint density at radius 1 is 0.370 bits per heavy atom. The number of hydrogen-bond acceptors (Lipinski definition) is 1. The second-order valence-corrected chi connectivity index (χ2v) is 13.2. The molecule has 0 saturated heterocycles. The van der Waals surface area contributed by atoms with Gasteiger partial charge in [0.25, 0.3) is 0 Å². The summed E-state index contributed by atoms with van der Waals surface area (Å²) in [5, 5.41) is 2.98. The molecule has 0 bridgehead atoms. The Morgan fingerprint density at radius 3 is 1.48 bits per heavy atom. The summed E-state index contributed by atoms with van der Waals surface area (Å²) in [5.74, 6) is 0. The third kappa shape index (κ3) is 2.62. The Morgan fingerprint density at radius 2 is 0.848 bits per heavy atom. The Hall–Kier alpha value is -5.37. The molecule has 3 aliphatic rings. The number of benzene rings is 7. The maximum Gasteiger partial charge on any atom is 0.143 e. The Balaban J connectivity index is 1.37. The number of para-hydroxylation sites is 1. The molecule has 0 N–H and O–H groups in total. The number of rotatable bonds is 0. The highest BCUT2D eigenvalue weighted by atomic mass is 35.5. The first-order chi connectivity index (χ1) is 22.8. The highest BCUT2D eigenvalue weighted by Gasteiger charge is 2.59. The molecule has 0 atom stereocenters. The van der Waals surface area contributed by atoms with E-state index in [1.165, 1.54) is 55.6 Å². The third-order valence-corrected chi connectivity index (χ3v) is 11.4. The zero-order valence-electron chi connectivity index (χ0n) is 24.7. The normalized spacial score (nSPS) is 15.4. The van der Waals surface area contributed by atoms with Crippen molar-refractivity contribution in [2.24, 2.45) is 0 Å². The van der Waals surface area contributed by atoms with E-state index in [-0.39, 0.29) is 0 Å². The largest absolute Gasteiger partial charge is 0.455 e. The Labute approximate surface area is 271 Å². The van der Waals surface area contributed by atoms with Crippen LogP contribution in [0.4, 0.5) is 0 Å². The second-order valence-electron chi connectivity index (χ2n) is 12.8. The molecule has 0 unspecified atom stereocenters. The molecule has 0 amide bonds. The van der Waals surface area contributed by atoms with Crippen molar-refractivity contribution in [2.45, 2.75) is 10.8 Å². The molecule has 0 fully saturated rings. The van der Waals surface area contributed by atoms with Gasteiger partial charge in [0.15, 0.2) is 0 Å². The van der Waals surface area contributed by atoms with Crippen molar-refractivity contribution in [3.63, 3.8) is 0 Å². The Bertz CT molecular complexity index is 2530. The molecule has 214 valence electrons. The smallest absolute Gasteiger partial charge is 0.143 e. The molecule has 0 aliphatic heterocycles. The molecule has 46 heavy (non-hydrogen) atoms. The van der Waals surface area contributed by atoms with E-state index in [0.29, 0.717) is 0 Å². The van der Waals surface area contributed by atoms with Crippen LogP contribution in [0.3, 0.4) is 0 Å². The van der Waals surface area contributed by atoms with E-state index < -0.39 is 10.8 Å². The topological polar surface area (TPSA) is 13.1 Å². The average molecular weight is 605 g/mol. The quantitative estimate of drug-likeness (QED) is 0.168. The van der Waals surface area contributed by atoms with Crippen molar-refractivity contribution in [2.75, 3.05) is 0 Å². The van der Waals surface area contributed by atoms with E-state index in [1.807, 2.05) is 12.1 Å². The van der Waals surface area contributed by atoms with E-state index in [1.54, 1.807) is 0 Å². The van der Waals surface area contributed by atoms with Gasteiger partial charge in [0, 0.05) is 26.9 Å². The molecule has 7 aromatic carbocycles. The minimum absolute atomic E-state index is 0.462. The van der Waals surface area contributed by atoms with Crippen LogP contribution in [-0.2, 0) is 10.8 Å². The van der Waals surface area contributed by atoms with E-state index in [4.69, 9.17) is 16.0 Å². The van der Waals surface area contributed by atoms with Crippen LogP contribution < -0.4 is 0 Å². The van der Waals surface area contributed by atoms with Crippen molar-refractivity contribution in [3.05, 3.63) is 201 Å². The monoisotopic (exact) mass is 604 g/mol. The predicted molar refractivity (Wildman–Crippen MR) is 187 cm³/mol. The van der Waals surface area contributed by atoms with Crippen molar-refractivity contribution in [1.82, 2.24) is 0 Å². The van der Waals surface area contributed by atoms with E-state index >= 15 is 0 Å². The van der Waals surface area contributed by atoms with Crippen LogP contribution in [0.25, 0.3) is 44.2 Å². The summed E-state index contributed by atoms with van der Waals surface area (Å²) in [5.41, 5.74) is 15.8. The van der Waals surface area contributed by atoms with E-state index in [0.717, 1.165) is 38.1 Å². The van der Waals surface area contributed by atoms with Gasteiger partial charge < -0.3 is 4.42 Å². The van der Waals surface area contributed by atoms with Gasteiger partial charge in [-0.25, -0.2) is 0 Å². The summed E-state index contributed by atoms with van der Waals surface area (Å²) in [6.07, 6.45) is 0. The minimum Gasteiger partial charge on any atom is -0.455 e. The third-order valence-electron chi connectivity index (χ3n) is 11.0. The first kappa shape index (κ1) is 24.9. The van der Waals surface area contributed by atoms with Crippen LogP contribution in [-0.4, -0.2) is 0 Å². The fourth-order valence-electron chi connectivity index (χ4n) is 9.55. The van der Waals surface area contributed by atoms with Gasteiger partial charge in [-0.15, -0.1) is 0 Å². The van der Waals surface area contributed by atoms with Gasteiger partial charge in [-0.2, -0.15) is 0 Å². The van der Waals surface area contributed by atoms with Crippen molar-refractivity contribution >= 4 is 33.5 Å². The summed E-state index contributed by atoms with van der Waals surface area (Å²) >= 11 is 7.27. The van der Waals surface area contributed by atoms with Crippen LogP contribution in [0, 0.1) is 0 Å². The van der Waals surface area contributed by atoms with Gasteiger partial charge in [0.2, 0.25) is 0 Å². The lowest BCUT2D eigenvalue weighted by atomic mass is 9.52. The van der Waals surface area contributed by atoms with Crippen LogP contribution in [0.5, 0.6) is 0 Å². The minimum atomic E-state index is -0.590. The molecule has 2 heteroatoms. The van der Waals surface area contributed by atoms with Crippen molar-refractivity contribution in [3.8, 4) is 22.3 Å². The fraction of sp³-hybridized carbons (Fsp3) is 0.0455. The maximum absolute atomic E-state index is 7.27. The van der Waals surface area contributed by atoms with Crippen LogP contribution >= 0.6 is 11.6 Å². The summed E-state index contributed by atoms with van der Waals surface area (Å²) in [6, 6.07) is 55.6. The number of fused-ring (bicyclic) bond motifs is 20. The molecule has 0 saturated carbocycles. The molecule has 1 aromatic heterocycles. The van der Waals surface area contributed by atoms with Gasteiger partial charge >= 0.3 is 0 Å². The number of halogens is 1. The molecule has 8 aromatic rings. The van der Waals surface area contributed by atoms with Crippen LogP contribution in [0.2, 0.25) is 5.02 Å². The van der Waals surface area contributed by atoms with Crippen molar-refractivity contribution in [1.29, 1.82) is 0 Å². The molecule has 0 radical (unpaired) electrons. The predicted octanol–water partition coefficient (Wildman–Crippen LogP) is 11.3. The standard InChI is InChI=1S/C44H25ClO/c45-38-22-11-21-36-40(38)41-37(25-24-29-28-14-3-10-23-39(28)46-42(29)41)44(36)34-19-8-6-17-32(34)43(33-18-7-9-20-35(33)44)30-15-4-1-12-26(30)27-13-2-5-16-31(27)43/h1-25H. The lowest BCUT2D eigenvalue weighted by molar-refractivity contribution is 0.631. The SMILES string of the molecule is Clc1cccc2c1-c1c(ccc3c1oc1ccccc13)C21c2ccccc2C2(c3ccccc3-c3ccccc32)c2ccccc21. The maximum atomic E-state index is 7.27. The van der Waals surface area contributed by atoms with Crippen molar-refractivity contribution < 1.29 is 4.42 Å². The molecule has 11 rings (SSSR count). The summed E-state index contributed by atoms with van der Waals surface area (Å²) < 4.78 is 6.74. The van der Waals surface area contributed by atoms with Gasteiger partial charge in [-0.3, -0.25) is 0 Å². The van der Waals surface area contributed by atoms with Crippen LogP contribution in [0.15, 0.2) is 156 Å². The first-order valence-corrected chi connectivity index (χ1v) is 16.3. The average Bonchev–Trinajstić information content (AvgIpc) is 3.74. The van der Waals surface area contributed by atoms with Gasteiger partial charge in [0.1, 0.15) is 11.2 Å².